The van der Waals surface area contributed by atoms with Gasteiger partial charge in [-0.3, -0.25) is 4.79 Å². The van der Waals surface area contributed by atoms with E-state index in [1.54, 1.807) is 0 Å². The van der Waals surface area contributed by atoms with Gasteiger partial charge in [-0.15, -0.1) is 0 Å². The van der Waals surface area contributed by atoms with Crippen molar-refractivity contribution in [3.05, 3.63) is 66.2 Å². The first-order chi connectivity index (χ1) is 7.92. The van der Waals surface area contributed by atoms with Gasteiger partial charge in [0, 0.05) is 0 Å². The van der Waals surface area contributed by atoms with E-state index in [0.717, 1.165) is 23.0 Å². The molecule has 1 heteroatoms. The first-order valence-corrected chi connectivity index (χ1v) is 5.18. The summed E-state index contributed by atoms with van der Waals surface area (Å²) in [4.78, 5) is 10.3. The van der Waals surface area contributed by atoms with E-state index in [9.17, 15) is 4.79 Å². The molecular weight excluding hydrogens is 196 g/mol. The third kappa shape index (κ3) is 2.26. The molecule has 0 radical (unpaired) electrons. The van der Waals surface area contributed by atoms with Crippen LogP contribution in [-0.4, -0.2) is 6.29 Å². The van der Waals surface area contributed by atoms with Gasteiger partial charge in [0.15, 0.2) is 0 Å². The monoisotopic (exact) mass is 208 g/mol. The molecule has 0 amide bonds. The Morgan fingerprint density at radius 1 is 0.812 bits per heavy atom. The quantitative estimate of drug-likeness (QED) is 0.556. The summed E-state index contributed by atoms with van der Waals surface area (Å²) in [6.45, 7) is 0. The second-order valence-corrected chi connectivity index (χ2v) is 3.45. The molecule has 0 aliphatic carbocycles. The van der Waals surface area contributed by atoms with Gasteiger partial charge in [-0.2, -0.15) is 0 Å². The maximum atomic E-state index is 10.3. The van der Waals surface area contributed by atoms with Gasteiger partial charge in [-0.25, -0.2) is 0 Å². The molecule has 0 aromatic heterocycles. The van der Waals surface area contributed by atoms with Crippen LogP contribution in [0.5, 0.6) is 0 Å². The van der Waals surface area contributed by atoms with Crippen LogP contribution in [0.4, 0.5) is 0 Å². The van der Waals surface area contributed by atoms with Crippen LogP contribution in [0.2, 0.25) is 0 Å². The first kappa shape index (κ1) is 10.4. The summed E-state index contributed by atoms with van der Waals surface area (Å²) >= 11 is 0. The topological polar surface area (TPSA) is 17.1 Å². The molecule has 0 saturated heterocycles. The molecule has 78 valence electrons. The Bertz CT molecular complexity index is 498. The van der Waals surface area contributed by atoms with Gasteiger partial charge in [0.2, 0.25) is 0 Å². The highest BCUT2D eigenvalue weighted by Gasteiger charge is 2.00. The lowest BCUT2D eigenvalue weighted by Crippen LogP contribution is -1.82. The zero-order chi connectivity index (χ0) is 11.2. The van der Waals surface area contributed by atoms with Crippen molar-refractivity contribution in [3.63, 3.8) is 0 Å². The van der Waals surface area contributed by atoms with E-state index in [0.29, 0.717) is 0 Å². The molecule has 0 atom stereocenters. The Kier molecular flexibility index (Phi) is 3.29. The summed E-state index contributed by atoms with van der Waals surface area (Å²) in [7, 11) is 0. The molecule has 0 aliphatic rings. The Morgan fingerprint density at radius 3 is 2.25 bits per heavy atom. The van der Waals surface area contributed by atoms with Crippen LogP contribution < -0.4 is 0 Å². The average Bonchev–Trinajstić information content (AvgIpc) is 2.38. The molecular formula is C15H12O. The zero-order valence-corrected chi connectivity index (χ0v) is 8.84. The van der Waals surface area contributed by atoms with E-state index >= 15 is 0 Å². The fourth-order valence-corrected chi connectivity index (χ4v) is 1.67. The standard InChI is InChI=1S/C15H12O/c16-12-6-10-14-9-4-5-11-15(14)13-7-2-1-3-8-13/h1-12H/b10-6+. The summed E-state index contributed by atoms with van der Waals surface area (Å²) in [6, 6.07) is 18.2. The summed E-state index contributed by atoms with van der Waals surface area (Å²) < 4.78 is 0. The second kappa shape index (κ2) is 5.08. The van der Waals surface area contributed by atoms with Gasteiger partial charge in [-0.05, 0) is 22.8 Å². The van der Waals surface area contributed by atoms with Crippen LogP contribution in [0.3, 0.4) is 0 Å². The van der Waals surface area contributed by atoms with E-state index in [1.807, 2.05) is 42.5 Å². The Balaban J connectivity index is 2.48. The third-order valence-corrected chi connectivity index (χ3v) is 2.40. The third-order valence-electron chi connectivity index (χ3n) is 2.40. The van der Waals surface area contributed by atoms with Crippen molar-refractivity contribution in [1.82, 2.24) is 0 Å². The lowest BCUT2D eigenvalue weighted by Gasteiger charge is -2.05. The number of hydrogen-bond acceptors (Lipinski definition) is 1. The number of benzene rings is 2. The fraction of sp³-hybridized carbons (Fsp3) is 0. The van der Waals surface area contributed by atoms with Gasteiger partial charge >= 0.3 is 0 Å². The Hall–Kier alpha value is -2.15. The molecule has 0 saturated carbocycles. The molecule has 2 aromatic carbocycles. The van der Waals surface area contributed by atoms with Crippen molar-refractivity contribution >= 4 is 12.4 Å². The highest BCUT2D eigenvalue weighted by Crippen LogP contribution is 2.23. The molecule has 0 unspecified atom stereocenters. The molecule has 16 heavy (non-hydrogen) atoms. The van der Waals surface area contributed by atoms with Crippen LogP contribution in [-0.2, 0) is 4.79 Å². The van der Waals surface area contributed by atoms with Crippen molar-refractivity contribution in [1.29, 1.82) is 0 Å². The molecule has 2 rings (SSSR count). The van der Waals surface area contributed by atoms with Crippen molar-refractivity contribution in [3.8, 4) is 11.1 Å². The Morgan fingerprint density at radius 2 is 1.50 bits per heavy atom. The van der Waals surface area contributed by atoms with E-state index in [1.165, 1.54) is 6.08 Å². The average molecular weight is 208 g/mol. The molecule has 2 aromatic rings. The minimum atomic E-state index is 0.793. The number of hydrogen-bond donors (Lipinski definition) is 0. The van der Waals surface area contributed by atoms with Gasteiger partial charge in [0.1, 0.15) is 6.29 Å². The SMILES string of the molecule is O=C/C=C/c1ccccc1-c1ccccc1. The number of carbonyl (C=O) groups excluding carboxylic acids is 1. The summed E-state index contributed by atoms with van der Waals surface area (Å²) in [5.74, 6) is 0. The minimum absolute atomic E-state index is 0.793. The normalized spacial score (nSPS) is 10.5. The smallest absolute Gasteiger partial charge is 0.142 e. The largest absolute Gasteiger partial charge is 0.299 e. The number of aldehydes is 1. The number of carbonyl (C=O) groups is 1. The Labute approximate surface area is 95.1 Å². The summed E-state index contributed by atoms with van der Waals surface area (Å²) in [5, 5.41) is 0. The van der Waals surface area contributed by atoms with E-state index in [2.05, 4.69) is 18.2 Å². The molecule has 0 spiro atoms. The van der Waals surface area contributed by atoms with Crippen molar-refractivity contribution in [2.45, 2.75) is 0 Å². The first-order valence-electron chi connectivity index (χ1n) is 5.18. The maximum Gasteiger partial charge on any atom is 0.142 e. The lowest BCUT2D eigenvalue weighted by atomic mass is 9.99. The van der Waals surface area contributed by atoms with Gasteiger partial charge in [-0.1, -0.05) is 60.7 Å². The van der Waals surface area contributed by atoms with E-state index < -0.39 is 0 Å². The van der Waals surface area contributed by atoms with Crippen molar-refractivity contribution < 1.29 is 4.79 Å². The highest BCUT2D eigenvalue weighted by atomic mass is 16.1. The van der Waals surface area contributed by atoms with Crippen molar-refractivity contribution in [2.24, 2.45) is 0 Å². The minimum Gasteiger partial charge on any atom is -0.299 e. The van der Waals surface area contributed by atoms with E-state index in [4.69, 9.17) is 0 Å². The zero-order valence-electron chi connectivity index (χ0n) is 8.84. The second-order valence-electron chi connectivity index (χ2n) is 3.45. The van der Waals surface area contributed by atoms with Gasteiger partial charge in [0.25, 0.3) is 0 Å². The molecule has 0 heterocycles. The molecule has 0 bridgehead atoms. The van der Waals surface area contributed by atoms with Crippen LogP contribution in [0.15, 0.2) is 60.7 Å². The van der Waals surface area contributed by atoms with Crippen LogP contribution >= 0.6 is 0 Å². The van der Waals surface area contributed by atoms with Crippen molar-refractivity contribution in [2.75, 3.05) is 0 Å². The molecule has 1 nitrogen and oxygen atoms in total. The van der Waals surface area contributed by atoms with Gasteiger partial charge in [0.05, 0.1) is 0 Å². The van der Waals surface area contributed by atoms with Crippen LogP contribution in [0.1, 0.15) is 5.56 Å². The molecule has 0 aliphatic heterocycles. The number of rotatable bonds is 3. The summed E-state index contributed by atoms with van der Waals surface area (Å²) in [6.07, 6.45) is 4.14. The van der Waals surface area contributed by atoms with Gasteiger partial charge < -0.3 is 0 Å². The highest BCUT2D eigenvalue weighted by molar-refractivity contribution is 5.80. The van der Waals surface area contributed by atoms with Crippen LogP contribution in [0, 0.1) is 0 Å². The predicted octanol–water partition coefficient (Wildman–Crippen LogP) is 3.57. The van der Waals surface area contributed by atoms with E-state index in [-0.39, 0.29) is 0 Å². The van der Waals surface area contributed by atoms with Crippen LogP contribution in [0.25, 0.3) is 17.2 Å². The fourth-order valence-electron chi connectivity index (χ4n) is 1.67. The molecule has 0 fully saturated rings. The molecule has 0 N–H and O–H groups in total. The maximum absolute atomic E-state index is 10.3. The number of allylic oxidation sites excluding steroid dienone is 1. The lowest BCUT2D eigenvalue weighted by molar-refractivity contribution is -0.104. The predicted molar refractivity (Wildman–Crippen MR) is 67.0 cm³/mol. The summed E-state index contributed by atoms with van der Waals surface area (Å²) in [5.41, 5.74) is 3.36.